The summed E-state index contributed by atoms with van der Waals surface area (Å²) in [7, 11) is -3.07. The summed E-state index contributed by atoms with van der Waals surface area (Å²) in [4.78, 5) is 0. The maximum absolute atomic E-state index is 11.3. The number of halogens is 1. The molecule has 5 heteroatoms. The highest BCUT2D eigenvalue weighted by atomic mass is 127. The van der Waals surface area contributed by atoms with E-state index >= 15 is 0 Å². The van der Waals surface area contributed by atoms with Gasteiger partial charge in [0.15, 0.2) is 9.84 Å². The Hall–Kier alpha value is 0.640. The van der Waals surface area contributed by atoms with E-state index in [4.69, 9.17) is 0 Å². The molecule has 1 fully saturated rings. The molecule has 1 aliphatic carbocycles. The topological polar surface area (TPSA) is 54.4 Å². The predicted molar refractivity (Wildman–Crippen MR) is 56.0 cm³/mol. The van der Waals surface area contributed by atoms with Gasteiger partial charge in [0, 0.05) is 5.75 Å². The second-order valence-corrected chi connectivity index (χ2v) is 7.73. The molecule has 0 aromatic rings. The van der Waals surface area contributed by atoms with Crippen LogP contribution in [0, 0.1) is 5.92 Å². The molecule has 0 amide bonds. The van der Waals surface area contributed by atoms with Crippen molar-refractivity contribution in [3.8, 4) is 0 Å². The van der Waals surface area contributed by atoms with Gasteiger partial charge in [0.05, 0.1) is 6.10 Å². The molecule has 3 nitrogen and oxygen atoms in total. The summed E-state index contributed by atoms with van der Waals surface area (Å²) in [5.41, 5.74) is 0. The molecule has 0 heterocycles. The largest absolute Gasteiger partial charge is 0.391 e. The number of rotatable bonds is 4. The highest BCUT2D eigenvalue weighted by molar-refractivity contribution is 14.1. The van der Waals surface area contributed by atoms with Gasteiger partial charge in [0.1, 0.15) is 3.26 Å². The first kappa shape index (κ1) is 10.7. The summed E-state index contributed by atoms with van der Waals surface area (Å²) in [6, 6.07) is 0. The Morgan fingerprint density at radius 3 is 2.42 bits per heavy atom. The number of hydrogen-bond acceptors (Lipinski definition) is 3. The summed E-state index contributed by atoms with van der Waals surface area (Å²) in [6.07, 6.45) is 1.29. The van der Waals surface area contributed by atoms with Gasteiger partial charge < -0.3 is 5.11 Å². The minimum atomic E-state index is -3.07. The molecule has 0 aromatic heterocycles. The van der Waals surface area contributed by atoms with E-state index < -0.39 is 19.2 Å². The molecule has 0 radical (unpaired) electrons. The van der Waals surface area contributed by atoms with E-state index in [-0.39, 0.29) is 11.7 Å². The number of sulfone groups is 1. The first-order valence-corrected chi connectivity index (χ1v) is 6.99. The van der Waals surface area contributed by atoms with Crippen molar-refractivity contribution in [1.82, 2.24) is 0 Å². The van der Waals surface area contributed by atoms with E-state index in [2.05, 4.69) is 0 Å². The van der Waals surface area contributed by atoms with Crippen LogP contribution in [0.2, 0.25) is 0 Å². The lowest BCUT2D eigenvalue weighted by Gasteiger charge is -2.15. The fourth-order valence-electron chi connectivity index (χ4n) is 1.02. The fourth-order valence-corrected chi connectivity index (χ4v) is 3.65. The zero-order valence-corrected chi connectivity index (χ0v) is 9.88. The third-order valence-electron chi connectivity index (χ3n) is 2.12. The average molecular weight is 304 g/mol. The predicted octanol–water partition coefficient (Wildman–Crippen LogP) is 0.953. The van der Waals surface area contributed by atoms with Gasteiger partial charge in [0.2, 0.25) is 0 Å². The van der Waals surface area contributed by atoms with Crippen molar-refractivity contribution in [1.29, 1.82) is 0 Å². The van der Waals surface area contributed by atoms with Crippen LogP contribution >= 0.6 is 22.6 Å². The molecule has 1 saturated carbocycles. The Balaban J connectivity index is 2.62. The van der Waals surface area contributed by atoms with E-state index in [0.717, 1.165) is 12.8 Å². The summed E-state index contributed by atoms with van der Waals surface area (Å²) < 4.78 is 22.0. The summed E-state index contributed by atoms with van der Waals surface area (Å²) in [6.45, 7) is 1.61. The molecule has 0 bridgehead atoms. The molecule has 0 spiro atoms. The molecule has 0 aromatic carbocycles. The minimum absolute atomic E-state index is 0.115. The summed E-state index contributed by atoms with van der Waals surface area (Å²) in [5.74, 6) is 0.345. The van der Waals surface area contributed by atoms with Crippen LogP contribution in [0.3, 0.4) is 0 Å². The van der Waals surface area contributed by atoms with Crippen LogP contribution in [0.1, 0.15) is 19.8 Å². The minimum Gasteiger partial charge on any atom is -0.391 e. The quantitative estimate of drug-likeness (QED) is 0.621. The van der Waals surface area contributed by atoms with Crippen LogP contribution in [0.15, 0.2) is 0 Å². The molecule has 1 aliphatic rings. The van der Waals surface area contributed by atoms with Crippen LogP contribution < -0.4 is 0 Å². The van der Waals surface area contributed by atoms with Gasteiger partial charge in [-0.2, -0.15) is 0 Å². The highest BCUT2D eigenvalue weighted by Crippen LogP contribution is 2.37. The lowest BCUT2D eigenvalue weighted by molar-refractivity contribution is 0.169. The lowest BCUT2D eigenvalue weighted by atomic mass is 10.3. The molecule has 12 heavy (non-hydrogen) atoms. The smallest absolute Gasteiger partial charge is 0.164 e. The first-order chi connectivity index (χ1) is 5.49. The molecular weight excluding hydrogens is 291 g/mol. The maximum atomic E-state index is 11.3. The molecule has 72 valence electrons. The molecule has 0 aliphatic heterocycles. The van der Waals surface area contributed by atoms with E-state index in [1.165, 1.54) is 0 Å². The zero-order chi connectivity index (χ0) is 9.35. The Bertz CT molecular complexity index is 245. The molecule has 2 atom stereocenters. The molecular formula is C7H13IO3S. The summed E-state index contributed by atoms with van der Waals surface area (Å²) >= 11 is 1.83. The Kier molecular flexibility index (Phi) is 3.39. The van der Waals surface area contributed by atoms with Gasteiger partial charge in [-0.3, -0.25) is 0 Å². The van der Waals surface area contributed by atoms with Crippen molar-refractivity contribution in [3.05, 3.63) is 0 Å². The van der Waals surface area contributed by atoms with Crippen molar-refractivity contribution in [2.75, 3.05) is 5.75 Å². The standard InChI is InChI=1S/C7H13IO3S/c1-2-12(10,11)7(8)6(9)5-3-4-5/h5-7,9H,2-4H2,1H3/t6-,7-/m1/s1. The highest BCUT2D eigenvalue weighted by Gasteiger charge is 2.39. The van der Waals surface area contributed by atoms with Crippen molar-refractivity contribution in [3.63, 3.8) is 0 Å². The van der Waals surface area contributed by atoms with Gasteiger partial charge in [-0.25, -0.2) is 8.42 Å². The zero-order valence-electron chi connectivity index (χ0n) is 6.90. The van der Waals surface area contributed by atoms with E-state index in [0.29, 0.717) is 0 Å². The SMILES string of the molecule is CCS(=O)(=O)[C@@H](I)[C@H](O)C1CC1. The first-order valence-electron chi connectivity index (χ1n) is 4.02. The van der Waals surface area contributed by atoms with E-state index in [1.807, 2.05) is 22.6 Å². The maximum Gasteiger partial charge on any atom is 0.164 e. The molecule has 0 saturated heterocycles. The Morgan fingerprint density at radius 1 is 1.58 bits per heavy atom. The average Bonchev–Trinajstić information content (AvgIpc) is 2.84. The second kappa shape index (κ2) is 3.79. The number of aliphatic hydroxyl groups is 1. The van der Waals surface area contributed by atoms with Crippen LogP contribution in [0.5, 0.6) is 0 Å². The van der Waals surface area contributed by atoms with Crippen LogP contribution in [-0.2, 0) is 9.84 Å². The number of hydrogen-bond donors (Lipinski definition) is 1. The number of aliphatic hydroxyl groups excluding tert-OH is 1. The molecule has 1 N–H and O–H groups in total. The van der Waals surface area contributed by atoms with Gasteiger partial charge in [-0.05, 0) is 18.8 Å². The Morgan fingerprint density at radius 2 is 2.08 bits per heavy atom. The van der Waals surface area contributed by atoms with Crippen LogP contribution in [0.25, 0.3) is 0 Å². The normalized spacial score (nSPS) is 23.6. The van der Waals surface area contributed by atoms with Gasteiger partial charge in [-0.15, -0.1) is 0 Å². The van der Waals surface area contributed by atoms with Crippen molar-refractivity contribution in [2.24, 2.45) is 5.92 Å². The number of alkyl halides is 1. The van der Waals surface area contributed by atoms with E-state index in [1.54, 1.807) is 6.92 Å². The van der Waals surface area contributed by atoms with Gasteiger partial charge in [-0.1, -0.05) is 29.5 Å². The second-order valence-electron chi connectivity index (χ2n) is 3.13. The third-order valence-corrected chi connectivity index (χ3v) is 6.95. The van der Waals surface area contributed by atoms with Crippen molar-refractivity contribution in [2.45, 2.75) is 29.1 Å². The van der Waals surface area contributed by atoms with Crippen molar-refractivity contribution >= 4 is 32.4 Å². The monoisotopic (exact) mass is 304 g/mol. The van der Waals surface area contributed by atoms with Gasteiger partial charge in [0.25, 0.3) is 0 Å². The Labute approximate surface area is 86.6 Å². The van der Waals surface area contributed by atoms with Gasteiger partial charge >= 0.3 is 0 Å². The van der Waals surface area contributed by atoms with Crippen LogP contribution in [0.4, 0.5) is 0 Å². The lowest BCUT2D eigenvalue weighted by Crippen LogP contribution is -2.31. The fraction of sp³-hybridized carbons (Fsp3) is 1.00. The van der Waals surface area contributed by atoms with Crippen LogP contribution in [-0.4, -0.2) is 28.6 Å². The van der Waals surface area contributed by atoms with E-state index in [9.17, 15) is 13.5 Å². The molecule has 0 unspecified atom stereocenters. The third kappa shape index (κ3) is 2.32. The molecule has 1 rings (SSSR count). The summed E-state index contributed by atoms with van der Waals surface area (Å²) in [5, 5.41) is 9.54. The van der Waals surface area contributed by atoms with Crippen molar-refractivity contribution < 1.29 is 13.5 Å².